The van der Waals surface area contributed by atoms with Crippen LogP contribution in [0.3, 0.4) is 0 Å². The standard InChI is InChI=1S/C40H71O8P/c1-3-5-7-9-11-13-15-17-19-20-21-23-25-27-29-31-33-35-40(42)48-38(37-47-49(43,44)45)36-46-39(41)34-32-30-28-26-24-22-18-16-14-12-10-8-6-4-2/h10-13,16-19,38H,3-9,14-15,20-37H2,1-2H3,(H2,43,44,45)/b12-10-,13-11-,18-16-,19-17-/t38-/m1/s1. The molecule has 8 nitrogen and oxygen atoms in total. The molecule has 1 atom stereocenters. The lowest BCUT2D eigenvalue weighted by molar-refractivity contribution is -0.161. The minimum absolute atomic E-state index is 0.199. The first-order valence-electron chi connectivity index (χ1n) is 19.4. The van der Waals surface area contributed by atoms with Gasteiger partial charge in [-0.25, -0.2) is 4.57 Å². The number of carbonyl (C=O) groups is 2. The molecule has 0 spiro atoms. The normalized spacial score (nSPS) is 13.0. The van der Waals surface area contributed by atoms with Crippen LogP contribution in [0, 0.1) is 0 Å². The van der Waals surface area contributed by atoms with Crippen LogP contribution in [0.25, 0.3) is 0 Å². The van der Waals surface area contributed by atoms with Crippen LogP contribution in [0.5, 0.6) is 0 Å². The van der Waals surface area contributed by atoms with Crippen molar-refractivity contribution in [2.45, 2.75) is 180 Å². The molecule has 0 heterocycles. The van der Waals surface area contributed by atoms with E-state index in [9.17, 15) is 14.2 Å². The van der Waals surface area contributed by atoms with Gasteiger partial charge in [0.25, 0.3) is 0 Å². The SMILES string of the molecule is CCCC/C=C\C/C=C\CCCCCCCC(=O)OC[C@H](COP(=O)(O)O)OC(=O)CCCCCCCCC/C=C\C/C=C\CCCCC. The molecule has 0 rings (SSSR count). The summed E-state index contributed by atoms with van der Waals surface area (Å²) in [4.78, 5) is 42.7. The van der Waals surface area contributed by atoms with Crippen LogP contribution in [-0.4, -0.2) is 41.0 Å². The van der Waals surface area contributed by atoms with Gasteiger partial charge in [0.2, 0.25) is 0 Å². The molecule has 0 aliphatic carbocycles. The highest BCUT2D eigenvalue weighted by molar-refractivity contribution is 7.46. The maximum Gasteiger partial charge on any atom is 0.469 e. The highest BCUT2D eigenvalue weighted by Gasteiger charge is 2.22. The van der Waals surface area contributed by atoms with E-state index in [1.165, 1.54) is 57.8 Å². The van der Waals surface area contributed by atoms with Gasteiger partial charge in [0.1, 0.15) is 6.61 Å². The number of rotatable bonds is 35. The summed E-state index contributed by atoms with van der Waals surface area (Å²) in [5, 5.41) is 0. The lowest BCUT2D eigenvalue weighted by Gasteiger charge is -2.18. The van der Waals surface area contributed by atoms with Crippen LogP contribution < -0.4 is 0 Å². The van der Waals surface area contributed by atoms with Crippen molar-refractivity contribution in [1.29, 1.82) is 0 Å². The van der Waals surface area contributed by atoms with Crippen molar-refractivity contribution in [3.8, 4) is 0 Å². The first-order valence-corrected chi connectivity index (χ1v) is 21.0. The number of unbranched alkanes of at least 4 members (excludes halogenated alkanes) is 17. The van der Waals surface area contributed by atoms with Gasteiger partial charge in [-0.3, -0.25) is 14.1 Å². The van der Waals surface area contributed by atoms with Crippen LogP contribution in [0.4, 0.5) is 0 Å². The van der Waals surface area contributed by atoms with Gasteiger partial charge >= 0.3 is 19.8 Å². The van der Waals surface area contributed by atoms with E-state index in [0.29, 0.717) is 12.8 Å². The molecule has 0 radical (unpaired) electrons. The highest BCUT2D eigenvalue weighted by atomic mass is 31.2. The molecule has 0 aliphatic rings. The Bertz CT molecular complexity index is 937. The Morgan fingerprint density at radius 3 is 1.41 bits per heavy atom. The second kappa shape index (κ2) is 35.8. The van der Waals surface area contributed by atoms with Gasteiger partial charge in [0.05, 0.1) is 6.61 Å². The number of phosphoric acid groups is 1. The quantitative estimate of drug-likeness (QED) is 0.0289. The van der Waals surface area contributed by atoms with Gasteiger partial charge in [-0.2, -0.15) is 0 Å². The van der Waals surface area contributed by atoms with Gasteiger partial charge in [-0.15, -0.1) is 0 Å². The highest BCUT2D eigenvalue weighted by Crippen LogP contribution is 2.36. The van der Waals surface area contributed by atoms with E-state index in [1.807, 2.05) is 0 Å². The molecule has 9 heteroatoms. The Kier molecular flexibility index (Phi) is 34.4. The molecule has 0 aromatic heterocycles. The van der Waals surface area contributed by atoms with Crippen molar-refractivity contribution in [2.75, 3.05) is 13.2 Å². The maximum atomic E-state index is 12.4. The number of carbonyl (C=O) groups excluding carboxylic acids is 2. The summed E-state index contributed by atoms with van der Waals surface area (Å²) in [5.74, 6) is -0.912. The van der Waals surface area contributed by atoms with Gasteiger partial charge in [-0.05, 0) is 70.6 Å². The van der Waals surface area contributed by atoms with Crippen molar-refractivity contribution < 1.29 is 37.9 Å². The van der Waals surface area contributed by atoms with Crippen LogP contribution in [0.2, 0.25) is 0 Å². The average molecular weight is 711 g/mol. The summed E-state index contributed by atoms with van der Waals surface area (Å²) in [5.41, 5.74) is 0. The Morgan fingerprint density at radius 2 is 0.939 bits per heavy atom. The molecule has 0 aromatic rings. The van der Waals surface area contributed by atoms with E-state index < -0.39 is 32.5 Å². The second-order valence-corrected chi connectivity index (χ2v) is 14.1. The lowest BCUT2D eigenvalue weighted by atomic mass is 10.1. The minimum Gasteiger partial charge on any atom is -0.462 e. The fourth-order valence-corrected chi connectivity index (χ4v) is 5.48. The monoisotopic (exact) mass is 710 g/mol. The summed E-state index contributed by atoms with van der Waals surface area (Å²) >= 11 is 0. The van der Waals surface area contributed by atoms with Crippen molar-refractivity contribution >= 4 is 19.8 Å². The Labute approximate surface area is 299 Å². The third-order valence-corrected chi connectivity index (χ3v) is 8.56. The van der Waals surface area contributed by atoms with Gasteiger partial charge < -0.3 is 19.3 Å². The zero-order chi connectivity index (χ0) is 36.1. The molecule has 284 valence electrons. The molecule has 0 fully saturated rings. The first-order chi connectivity index (χ1) is 23.8. The second-order valence-electron chi connectivity index (χ2n) is 12.9. The lowest BCUT2D eigenvalue weighted by Crippen LogP contribution is -2.29. The molecule has 49 heavy (non-hydrogen) atoms. The summed E-state index contributed by atoms with van der Waals surface area (Å²) < 4.78 is 26.3. The van der Waals surface area contributed by atoms with E-state index in [4.69, 9.17) is 19.3 Å². The molecule has 0 aromatic carbocycles. The molecular weight excluding hydrogens is 639 g/mol. The van der Waals surface area contributed by atoms with Crippen molar-refractivity contribution in [1.82, 2.24) is 0 Å². The molecule has 0 bridgehead atoms. The zero-order valence-electron chi connectivity index (χ0n) is 31.1. The van der Waals surface area contributed by atoms with Crippen LogP contribution >= 0.6 is 7.82 Å². The van der Waals surface area contributed by atoms with Crippen LogP contribution in [0.15, 0.2) is 48.6 Å². The number of esters is 2. The molecule has 0 unspecified atom stereocenters. The van der Waals surface area contributed by atoms with E-state index >= 15 is 0 Å². The predicted octanol–water partition coefficient (Wildman–Crippen LogP) is 11.6. The van der Waals surface area contributed by atoms with E-state index in [-0.39, 0.29) is 19.4 Å². The fraction of sp³-hybridized carbons (Fsp3) is 0.750. The molecule has 0 saturated carbocycles. The molecular formula is C40H71O8P. The van der Waals surface area contributed by atoms with Gasteiger partial charge in [0.15, 0.2) is 6.10 Å². The average Bonchev–Trinajstić information content (AvgIpc) is 3.07. The summed E-state index contributed by atoms with van der Waals surface area (Å²) in [6, 6.07) is 0. The van der Waals surface area contributed by atoms with Crippen LogP contribution in [-0.2, 0) is 28.2 Å². The maximum absolute atomic E-state index is 12.4. The summed E-state index contributed by atoms with van der Waals surface area (Å²) in [7, 11) is -4.76. The Hall–Kier alpha value is -1.99. The van der Waals surface area contributed by atoms with Crippen molar-refractivity contribution in [3.63, 3.8) is 0 Å². The first kappa shape index (κ1) is 47.0. The van der Waals surface area contributed by atoms with Crippen LogP contribution in [0.1, 0.15) is 174 Å². The van der Waals surface area contributed by atoms with Crippen molar-refractivity contribution in [2.24, 2.45) is 0 Å². The third-order valence-electron chi connectivity index (χ3n) is 8.07. The van der Waals surface area contributed by atoms with E-state index in [2.05, 4.69) is 67.0 Å². The van der Waals surface area contributed by atoms with Gasteiger partial charge in [-0.1, -0.05) is 140 Å². The van der Waals surface area contributed by atoms with E-state index in [1.54, 1.807) is 0 Å². The molecule has 0 saturated heterocycles. The summed E-state index contributed by atoms with van der Waals surface area (Å²) in [6.07, 6.45) is 42.5. The third kappa shape index (κ3) is 38.7. The summed E-state index contributed by atoms with van der Waals surface area (Å²) in [6.45, 7) is 3.59. The number of hydrogen-bond donors (Lipinski definition) is 2. The minimum atomic E-state index is -4.76. The topological polar surface area (TPSA) is 119 Å². The van der Waals surface area contributed by atoms with Gasteiger partial charge in [0, 0.05) is 12.8 Å². The zero-order valence-corrected chi connectivity index (χ0v) is 32.0. The largest absolute Gasteiger partial charge is 0.469 e. The molecule has 0 aliphatic heterocycles. The number of hydrogen-bond acceptors (Lipinski definition) is 6. The fourth-order valence-electron chi connectivity index (χ4n) is 5.12. The smallest absolute Gasteiger partial charge is 0.462 e. The van der Waals surface area contributed by atoms with Crippen molar-refractivity contribution in [3.05, 3.63) is 48.6 Å². The molecule has 0 amide bonds. The molecule has 2 N–H and O–H groups in total. The van der Waals surface area contributed by atoms with E-state index in [0.717, 1.165) is 77.0 Å². The number of allylic oxidation sites excluding steroid dienone is 8. The number of ether oxygens (including phenoxy) is 2. The Morgan fingerprint density at radius 1 is 0.531 bits per heavy atom. The predicted molar refractivity (Wildman–Crippen MR) is 202 cm³/mol. The Balaban J connectivity index is 3.99. The number of phosphoric ester groups is 1.